The van der Waals surface area contributed by atoms with Crippen molar-refractivity contribution < 1.29 is 42.3 Å². The van der Waals surface area contributed by atoms with E-state index in [1.807, 2.05) is 0 Å². The van der Waals surface area contributed by atoms with Gasteiger partial charge in [0, 0.05) is 32.7 Å². The molecule has 0 saturated carbocycles. The van der Waals surface area contributed by atoms with E-state index in [0.29, 0.717) is 6.08 Å². The average Bonchev–Trinajstić information content (AvgIpc) is 1.69. The molecule has 0 unspecified atom stereocenters. The second-order valence-electron chi connectivity index (χ2n) is 0.670. The maximum atomic E-state index is 9.37. The molecule has 0 spiro atoms. The first-order chi connectivity index (χ1) is 3.68. The van der Waals surface area contributed by atoms with E-state index < -0.39 is 6.03 Å². The Morgan fingerprint density at radius 3 is 1.89 bits per heavy atom. The Morgan fingerprint density at radius 2 is 1.89 bits per heavy atom. The number of nitrogens with zero attached hydrogens (tertiary/aromatic N) is 1. The molecule has 0 aliphatic heterocycles. The van der Waals surface area contributed by atoms with E-state index in [4.69, 9.17) is 15.9 Å². The van der Waals surface area contributed by atoms with Gasteiger partial charge in [0.2, 0.25) is 0 Å². The van der Waals surface area contributed by atoms with Gasteiger partial charge in [-0.3, -0.25) is 9.59 Å². The van der Waals surface area contributed by atoms with E-state index in [2.05, 4.69) is 5.32 Å². The molecule has 0 saturated heterocycles. The molecule has 0 bridgehead atoms. The molecule has 6 heteroatoms. The smallest absolute Gasteiger partial charge is 0.149 e. The first kappa shape index (κ1) is 15.9. The summed E-state index contributed by atoms with van der Waals surface area (Å²) < 4.78 is 0. The molecular formula is C3H5N3O2Y-2. The zero-order chi connectivity index (χ0) is 6.99. The van der Waals surface area contributed by atoms with Crippen LogP contribution in [0, 0.1) is 0 Å². The van der Waals surface area contributed by atoms with Crippen LogP contribution >= 0.6 is 0 Å². The molecule has 49 valence electrons. The van der Waals surface area contributed by atoms with Crippen molar-refractivity contribution in [3.63, 3.8) is 0 Å². The summed E-state index contributed by atoms with van der Waals surface area (Å²) in [4.78, 5) is 17.6. The third-order valence-corrected chi connectivity index (χ3v) is 0.227. The molecule has 0 heterocycles. The number of isocyanates is 1. The molecule has 0 aliphatic rings. The van der Waals surface area contributed by atoms with Gasteiger partial charge in [-0.05, 0) is 6.08 Å². The van der Waals surface area contributed by atoms with Crippen molar-refractivity contribution >= 4 is 12.1 Å². The molecule has 0 aromatic heterocycles. The normalized spacial score (nSPS) is 4.56. The van der Waals surface area contributed by atoms with Gasteiger partial charge in [0.15, 0.2) is 0 Å². The molecular weight excluding hydrogens is 199 g/mol. The number of amides is 2. The maximum Gasteiger partial charge on any atom is 0.149 e. The third-order valence-electron chi connectivity index (χ3n) is 0.227. The van der Waals surface area contributed by atoms with Gasteiger partial charge in [0.05, 0.1) is 0 Å². The van der Waals surface area contributed by atoms with Crippen molar-refractivity contribution in [3.05, 3.63) is 11.1 Å². The standard InChI is InChI=1S/C2H6N2O.CNO.Y/c1-4-2(3)5;2-1-3;/h1H3,(H3,3,4,5);;/q;-1;/p-1. The van der Waals surface area contributed by atoms with Crippen LogP contribution in [-0.4, -0.2) is 19.2 Å². The van der Waals surface area contributed by atoms with Gasteiger partial charge >= 0.3 is 0 Å². The molecule has 0 fully saturated rings. The van der Waals surface area contributed by atoms with Crippen LogP contribution in [0.15, 0.2) is 0 Å². The van der Waals surface area contributed by atoms with E-state index in [1.54, 1.807) is 0 Å². The van der Waals surface area contributed by atoms with Crippen LogP contribution < -0.4 is 5.32 Å². The summed E-state index contributed by atoms with van der Waals surface area (Å²) in [6, 6.07) is -0.745. The summed E-state index contributed by atoms with van der Waals surface area (Å²) in [5, 5.41) is 8.82. The minimum Gasteiger partial charge on any atom is -0.724 e. The van der Waals surface area contributed by atoms with Gasteiger partial charge in [-0.25, -0.2) is 0 Å². The molecule has 0 rings (SSSR count). The predicted molar refractivity (Wildman–Crippen MR) is 27.8 cm³/mol. The summed E-state index contributed by atoms with van der Waals surface area (Å²) in [6.45, 7) is 0. The summed E-state index contributed by atoms with van der Waals surface area (Å²) >= 11 is 0. The van der Waals surface area contributed by atoms with Crippen LogP contribution in [-0.2, 0) is 37.5 Å². The first-order valence-corrected chi connectivity index (χ1v) is 1.63. The van der Waals surface area contributed by atoms with E-state index in [0.717, 1.165) is 0 Å². The topological polar surface area (TPSA) is 92.3 Å². The Bertz CT molecular complexity index is 99.2. The van der Waals surface area contributed by atoms with Gasteiger partial charge in [-0.15, -0.1) is 0 Å². The van der Waals surface area contributed by atoms with Crippen LogP contribution in [0.2, 0.25) is 0 Å². The zero-order valence-electron chi connectivity index (χ0n) is 4.84. The SMILES string of the molecule is CNC([NH-])=O.[N-]=C=O.[Y]. The molecule has 2 N–H and O–H groups in total. The zero-order valence-corrected chi connectivity index (χ0v) is 7.68. The molecule has 0 aromatic rings. The Balaban J connectivity index is -0.0000000800. The van der Waals surface area contributed by atoms with Crippen LogP contribution in [0.3, 0.4) is 0 Å². The predicted octanol–water partition coefficient (Wildman–Crippen LogP) is 0.267. The fourth-order valence-corrected chi connectivity index (χ4v) is 0. The monoisotopic (exact) mass is 204 g/mol. The minimum atomic E-state index is -0.745. The van der Waals surface area contributed by atoms with Crippen molar-refractivity contribution in [1.82, 2.24) is 5.32 Å². The van der Waals surface area contributed by atoms with E-state index in [1.165, 1.54) is 7.05 Å². The largest absolute Gasteiger partial charge is 0.724 e. The van der Waals surface area contributed by atoms with Crippen LogP contribution in [0.4, 0.5) is 4.79 Å². The Morgan fingerprint density at radius 1 is 1.78 bits per heavy atom. The van der Waals surface area contributed by atoms with Crippen molar-refractivity contribution in [3.8, 4) is 0 Å². The molecule has 0 aromatic carbocycles. The first-order valence-electron chi connectivity index (χ1n) is 1.63. The van der Waals surface area contributed by atoms with Crippen molar-refractivity contribution in [2.45, 2.75) is 0 Å². The Hall–Kier alpha value is -0.246. The molecule has 0 aliphatic carbocycles. The summed E-state index contributed by atoms with van der Waals surface area (Å²) in [5.41, 5.74) is 6.08. The number of nitrogens with one attached hydrogen (secondary N) is 2. The fraction of sp³-hybridized carbons (Fsp3) is 0.333. The maximum absolute atomic E-state index is 9.37. The average molecular weight is 204 g/mol. The number of carbonyl (C=O) groups is 1. The Labute approximate surface area is 77.8 Å². The van der Waals surface area contributed by atoms with Crippen LogP contribution in [0.25, 0.3) is 11.1 Å². The van der Waals surface area contributed by atoms with Crippen LogP contribution in [0.5, 0.6) is 0 Å². The number of hydrogen-bond donors (Lipinski definition) is 1. The van der Waals surface area contributed by atoms with Crippen LogP contribution in [0.1, 0.15) is 0 Å². The van der Waals surface area contributed by atoms with Gasteiger partial charge < -0.3 is 16.5 Å². The number of urea groups is 1. The van der Waals surface area contributed by atoms with Gasteiger partial charge in [0.1, 0.15) is 6.03 Å². The Kier molecular flexibility index (Phi) is 27.6. The van der Waals surface area contributed by atoms with Gasteiger partial charge in [-0.1, -0.05) is 7.05 Å². The second-order valence-corrected chi connectivity index (χ2v) is 0.670. The summed E-state index contributed by atoms with van der Waals surface area (Å²) in [6.07, 6.45) is 0.500. The number of carbonyl (C=O) groups excluding carboxylic acids is 2. The quantitative estimate of drug-likeness (QED) is 0.452. The van der Waals surface area contributed by atoms with E-state index in [9.17, 15) is 4.79 Å². The fourth-order valence-electron chi connectivity index (χ4n) is 0. The third kappa shape index (κ3) is 83.5. The van der Waals surface area contributed by atoms with Gasteiger partial charge in [-0.2, -0.15) is 0 Å². The van der Waals surface area contributed by atoms with E-state index >= 15 is 0 Å². The minimum absolute atomic E-state index is 0. The summed E-state index contributed by atoms with van der Waals surface area (Å²) in [5.74, 6) is 0. The van der Waals surface area contributed by atoms with Crippen molar-refractivity contribution in [2.75, 3.05) is 7.05 Å². The molecule has 1 radical (unpaired) electrons. The molecule has 2 amide bonds. The number of hydrogen-bond acceptors (Lipinski definition) is 2. The molecule has 9 heavy (non-hydrogen) atoms. The van der Waals surface area contributed by atoms with E-state index in [-0.39, 0.29) is 32.7 Å². The molecule has 5 nitrogen and oxygen atoms in total. The number of rotatable bonds is 0. The molecule has 0 atom stereocenters. The summed E-state index contributed by atoms with van der Waals surface area (Å²) in [7, 11) is 1.41. The van der Waals surface area contributed by atoms with Crippen molar-refractivity contribution in [2.24, 2.45) is 0 Å². The second kappa shape index (κ2) is 15.7. The van der Waals surface area contributed by atoms with Gasteiger partial charge in [0.25, 0.3) is 0 Å². The van der Waals surface area contributed by atoms with Crippen molar-refractivity contribution in [1.29, 1.82) is 0 Å².